The molecule has 0 spiro atoms. The highest BCUT2D eigenvalue weighted by molar-refractivity contribution is 7.16. The van der Waals surface area contributed by atoms with Gasteiger partial charge in [-0.05, 0) is 41.8 Å². The Hall–Kier alpha value is -2.99. The van der Waals surface area contributed by atoms with Crippen molar-refractivity contribution in [3.05, 3.63) is 73.1 Å². The minimum atomic E-state index is -0.912. The first-order valence-corrected chi connectivity index (χ1v) is 10.0. The summed E-state index contributed by atoms with van der Waals surface area (Å²) in [5.74, 6) is -1.84. The lowest BCUT2D eigenvalue weighted by atomic mass is 10.2. The molecular formula is C19H12ClN3O3S2. The average molecular weight is 430 g/mol. The molecule has 140 valence electrons. The Labute approximate surface area is 173 Å². The van der Waals surface area contributed by atoms with Crippen LogP contribution in [-0.2, 0) is 16.1 Å². The van der Waals surface area contributed by atoms with Crippen LogP contribution in [0, 0.1) is 11.3 Å². The summed E-state index contributed by atoms with van der Waals surface area (Å²) < 4.78 is 0. The summed E-state index contributed by atoms with van der Waals surface area (Å²) in [5.41, 5.74) is 0.357. The van der Waals surface area contributed by atoms with Gasteiger partial charge in [-0.3, -0.25) is 14.4 Å². The van der Waals surface area contributed by atoms with Crippen molar-refractivity contribution in [3.63, 3.8) is 0 Å². The first-order valence-electron chi connectivity index (χ1n) is 7.93. The Balaban J connectivity index is 1.59. The van der Waals surface area contributed by atoms with E-state index in [1.807, 2.05) is 17.5 Å². The highest BCUT2D eigenvalue weighted by Crippen LogP contribution is 2.22. The van der Waals surface area contributed by atoms with E-state index >= 15 is 0 Å². The fraction of sp³-hybridized carbons (Fsp3) is 0.0526. The van der Waals surface area contributed by atoms with Crippen LogP contribution >= 0.6 is 34.3 Å². The summed E-state index contributed by atoms with van der Waals surface area (Å²) in [4.78, 5) is 38.3. The molecule has 0 aliphatic carbocycles. The van der Waals surface area contributed by atoms with Gasteiger partial charge in [0, 0.05) is 9.90 Å². The quantitative estimate of drug-likeness (QED) is 0.475. The van der Waals surface area contributed by atoms with Crippen LogP contribution in [0.1, 0.15) is 25.0 Å². The number of nitrogens with one attached hydrogen (secondary N) is 2. The van der Waals surface area contributed by atoms with Crippen molar-refractivity contribution in [2.24, 2.45) is 0 Å². The Morgan fingerprint density at radius 1 is 1.07 bits per heavy atom. The van der Waals surface area contributed by atoms with Crippen LogP contribution in [0.5, 0.6) is 0 Å². The molecule has 0 aliphatic rings. The number of carbonyl (C=O) groups excluding carboxylic acids is 3. The third-order valence-corrected chi connectivity index (χ3v) is 5.80. The van der Waals surface area contributed by atoms with E-state index in [1.165, 1.54) is 40.9 Å². The van der Waals surface area contributed by atoms with Gasteiger partial charge in [-0.1, -0.05) is 17.7 Å². The lowest BCUT2D eigenvalue weighted by Gasteiger charge is -2.07. The van der Waals surface area contributed by atoms with E-state index in [0.29, 0.717) is 14.8 Å². The van der Waals surface area contributed by atoms with Crippen molar-refractivity contribution in [1.82, 2.24) is 5.32 Å². The summed E-state index contributed by atoms with van der Waals surface area (Å²) in [6.45, 7) is 0.106. The number of ketones is 1. The van der Waals surface area contributed by atoms with Crippen LogP contribution < -0.4 is 10.6 Å². The molecule has 2 amide bonds. The van der Waals surface area contributed by atoms with Gasteiger partial charge in [0.2, 0.25) is 5.78 Å². The summed E-state index contributed by atoms with van der Waals surface area (Å²) in [6, 6.07) is 13.3. The molecule has 0 bridgehead atoms. The van der Waals surface area contributed by atoms with E-state index < -0.39 is 11.8 Å². The highest BCUT2D eigenvalue weighted by Gasteiger charge is 2.17. The minimum Gasteiger partial charge on any atom is -0.343 e. The maximum atomic E-state index is 12.3. The SMILES string of the molecule is N#Cc1ccc(Cl)cc1NC(=O)C(=O)NCc1ccc(C(=O)c2cccs2)s1. The summed E-state index contributed by atoms with van der Waals surface area (Å²) >= 11 is 8.48. The summed E-state index contributed by atoms with van der Waals surface area (Å²) in [6.07, 6.45) is 0. The van der Waals surface area contributed by atoms with E-state index in [2.05, 4.69) is 10.6 Å². The second-order valence-electron chi connectivity index (χ2n) is 5.51. The average Bonchev–Trinajstić information content (AvgIpc) is 3.38. The number of halogens is 1. The van der Waals surface area contributed by atoms with Gasteiger partial charge in [0.15, 0.2) is 0 Å². The van der Waals surface area contributed by atoms with Crippen molar-refractivity contribution >= 4 is 57.6 Å². The molecule has 6 nitrogen and oxygen atoms in total. The van der Waals surface area contributed by atoms with E-state index in [-0.39, 0.29) is 23.6 Å². The van der Waals surface area contributed by atoms with E-state index in [4.69, 9.17) is 16.9 Å². The van der Waals surface area contributed by atoms with Gasteiger partial charge in [-0.15, -0.1) is 22.7 Å². The molecule has 1 aromatic carbocycles. The van der Waals surface area contributed by atoms with E-state index in [0.717, 1.165) is 4.88 Å². The number of benzene rings is 1. The molecule has 3 rings (SSSR count). The normalized spacial score (nSPS) is 10.1. The number of hydrogen-bond donors (Lipinski definition) is 2. The third-order valence-electron chi connectivity index (χ3n) is 3.61. The van der Waals surface area contributed by atoms with Gasteiger partial charge in [0.1, 0.15) is 6.07 Å². The molecule has 0 aliphatic heterocycles. The molecule has 9 heteroatoms. The van der Waals surface area contributed by atoms with Crippen LogP contribution in [0.15, 0.2) is 47.8 Å². The summed E-state index contributed by atoms with van der Waals surface area (Å²) in [7, 11) is 0. The van der Waals surface area contributed by atoms with Crippen molar-refractivity contribution in [3.8, 4) is 6.07 Å². The van der Waals surface area contributed by atoms with Gasteiger partial charge < -0.3 is 10.6 Å². The zero-order valence-corrected chi connectivity index (χ0v) is 16.6. The van der Waals surface area contributed by atoms with E-state index in [9.17, 15) is 14.4 Å². The first kappa shape index (κ1) is 19.8. The molecule has 0 saturated carbocycles. The lowest BCUT2D eigenvalue weighted by molar-refractivity contribution is -0.136. The van der Waals surface area contributed by atoms with Crippen molar-refractivity contribution in [2.75, 3.05) is 5.32 Å². The van der Waals surface area contributed by atoms with Gasteiger partial charge in [0.05, 0.1) is 27.5 Å². The molecule has 28 heavy (non-hydrogen) atoms. The highest BCUT2D eigenvalue weighted by atomic mass is 35.5. The zero-order chi connectivity index (χ0) is 20.1. The molecule has 2 N–H and O–H groups in total. The third kappa shape index (κ3) is 4.64. The fourth-order valence-electron chi connectivity index (χ4n) is 2.27. The number of thiophene rings is 2. The van der Waals surface area contributed by atoms with Gasteiger partial charge in [-0.25, -0.2) is 0 Å². The second kappa shape index (κ2) is 8.80. The Morgan fingerprint density at radius 3 is 2.61 bits per heavy atom. The summed E-state index contributed by atoms with van der Waals surface area (Å²) in [5, 5.41) is 16.1. The maximum Gasteiger partial charge on any atom is 0.313 e. The maximum absolute atomic E-state index is 12.3. The number of nitrogens with zero attached hydrogens (tertiary/aromatic N) is 1. The molecule has 0 fully saturated rings. The molecule has 2 heterocycles. The monoisotopic (exact) mass is 429 g/mol. The molecule has 3 aromatic rings. The zero-order valence-electron chi connectivity index (χ0n) is 14.2. The standard InChI is InChI=1S/C19H12ClN3O3S2/c20-12-4-3-11(9-21)14(8-12)23-19(26)18(25)22-10-13-5-6-16(28-13)17(24)15-2-1-7-27-15/h1-8H,10H2,(H,22,25)(H,23,26). The fourth-order valence-corrected chi connectivity index (χ4v) is 4.08. The number of anilines is 1. The second-order valence-corrected chi connectivity index (χ2v) is 8.06. The predicted octanol–water partition coefficient (Wildman–Crippen LogP) is 3.82. The Morgan fingerprint density at radius 2 is 1.89 bits per heavy atom. The van der Waals surface area contributed by atoms with Crippen molar-refractivity contribution in [2.45, 2.75) is 6.54 Å². The number of nitriles is 1. The molecule has 0 radical (unpaired) electrons. The molecule has 0 saturated heterocycles. The van der Waals surface area contributed by atoms with Crippen molar-refractivity contribution in [1.29, 1.82) is 5.26 Å². The Kier molecular flexibility index (Phi) is 6.21. The molecule has 0 atom stereocenters. The van der Waals surface area contributed by atoms with Crippen molar-refractivity contribution < 1.29 is 14.4 Å². The number of amides is 2. The molecule has 0 unspecified atom stereocenters. The van der Waals surface area contributed by atoms with Crippen LogP contribution in [0.4, 0.5) is 5.69 Å². The Bertz CT molecular complexity index is 1080. The molecular weight excluding hydrogens is 418 g/mol. The van der Waals surface area contributed by atoms with Crippen LogP contribution in [0.2, 0.25) is 5.02 Å². The van der Waals surface area contributed by atoms with Crippen LogP contribution in [-0.4, -0.2) is 17.6 Å². The van der Waals surface area contributed by atoms with Gasteiger partial charge in [-0.2, -0.15) is 5.26 Å². The topological polar surface area (TPSA) is 99.1 Å². The molecule has 2 aromatic heterocycles. The van der Waals surface area contributed by atoms with Gasteiger partial charge >= 0.3 is 11.8 Å². The smallest absolute Gasteiger partial charge is 0.313 e. The first-order chi connectivity index (χ1) is 13.5. The van der Waals surface area contributed by atoms with Crippen LogP contribution in [0.3, 0.4) is 0 Å². The number of rotatable bonds is 5. The lowest BCUT2D eigenvalue weighted by Crippen LogP contribution is -2.34. The number of carbonyl (C=O) groups is 3. The van der Waals surface area contributed by atoms with Gasteiger partial charge in [0.25, 0.3) is 0 Å². The van der Waals surface area contributed by atoms with Crippen LogP contribution in [0.25, 0.3) is 0 Å². The minimum absolute atomic E-state index is 0.0692. The number of hydrogen-bond acceptors (Lipinski definition) is 6. The van der Waals surface area contributed by atoms with E-state index in [1.54, 1.807) is 18.2 Å². The predicted molar refractivity (Wildman–Crippen MR) is 109 cm³/mol. The largest absolute Gasteiger partial charge is 0.343 e.